The van der Waals surface area contributed by atoms with Crippen molar-refractivity contribution < 1.29 is 0 Å². The molecule has 0 atom stereocenters. The second-order valence-corrected chi connectivity index (χ2v) is 26.8. The molecule has 3 aliphatic carbocycles. The van der Waals surface area contributed by atoms with Crippen LogP contribution in [0.1, 0.15) is 74.9 Å². The summed E-state index contributed by atoms with van der Waals surface area (Å²) < 4.78 is 7.48. The molecule has 426 valence electrons. The highest BCUT2D eigenvalue weighted by Gasteiger charge is 2.41. The maximum Gasteiger partial charge on any atom is 0.160 e. The van der Waals surface area contributed by atoms with Crippen molar-refractivity contribution in [2.45, 2.75) is 57.8 Å². The number of aromatic nitrogens is 5. The second kappa shape index (κ2) is 18.1. The van der Waals surface area contributed by atoms with Crippen LogP contribution < -0.4 is 0 Å². The molecule has 4 heterocycles. The molecule has 19 rings (SSSR count). The van der Waals surface area contributed by atoms with Crippen LogP contribution in [0, 0.1) is 0 Å². The van der Waals surface area contributed by atoms with Gasteiger partial charge in [-0.3, -0.25) is 0 Å². The van der Waals surface area contributed by atoms with Crippen LogP contribution in [-0.2, 0) is 16.2 Å². The van der Waals surface area contributed by atoms with Gasteiger partial charge in [-0.05, 0) is 111 Å². The van der Waals surface area contributed by atoms with Gasteiger partial charge in [0.1, 0.15) is 0 Å². The van der Waals surface area contributed by atoms with E-state index in [1.54, 1.807) is 0 Å². The van der Waals surface area contributed by atoms with Crippen LogP contribution >= 0.6 is 0 Å². The van der Waals surface area contributed by atoms with Crippen molar-refractivity contribution in [3.05, 3.63) is 294 Å². The Balaban J connectivity index is 0.818. The van der Waals surface area contributed by atoms with Gasteiger partial charge in [-0.2, -0.15) is 0 Å². The van der Waals surface area contributed by atoms with E-state index in [2.05, 4.69) is 316 Å². The van der Waals surface area contributed by atoms with Gasteiger partial charge in [-0.25, -0.2) is 9.97 Å². The average molecular weight is 1150 g/mol. The normalized spacial score (nSPS) is 14.6. The van der Waals surface area contributed by atoms with E-state index in [0.717, 1.165) is 50.7 Å². The molecule has 0 bridgehead atoms. The SMILES string of the molecule is CC1(C)c2ccccc2-c2c1ccc1c3ccccc3n(-c3ccc(-c4cc(-c5cccc(-n6c7ccccc7c7ccc8c(c76)-c6ccccc6C8(C)C)c5)nc(-c5cccc(-n6c7ccccc7c7ccc8c(c76)-c6ccccc6C8(C)C)c5)n4)cc3)c21. The Bertz CT molecular complexity index is 5580. The Labute approximate surface area is 522 Å². The fourth-order valence-corrected chi connectivity index (χ4v) is 16.8. The van der Waals surface area contributed by atoms with Crippen molar-refractivity contribution in [3.8, 4) is 84.3 Å². The van der Waals surface area contributed by atoms with Crippen molar-refractivity contribution in [2.24, 2.45) is 0 Å². The fraction of sp³-hybridized carbons (Fsp3) is 0.106. The summed E-state index contributed by atoms with van der Waals surface area (Å²) in [5.74, 6) is 0.657. The topological polar surface area (TPSA) is 40.6 Å². The highest BCUT2D eigenvalue weighted by molar-refractivity contribution is 6.18. The standard InChI is InChI=1S/C85H61N5/c1-83(2)65-31-13-7-28-62(65)76-68(83)44-41-59-56-25-10-16-34-73(56)88(79(59)76)53-39-37-50(38-40-53)71-49-72(51-21-19-23-54(47-51)89-74-35-17-11-26-57(74)60-42-45-69-77(80(60)89)63-29-8-14-32-66(63)84(69,3)4)87-82(86-71)52-22-20-24-55(48-52)90-75-36-18-12-27-58(75)61-43-46-70-78(81(61)90)64-30-9-15-33-67(64)85(70,5)6/h7-49H,1-6H3. The van der Waals surface area contributed by atoms with E-state index in [9.17, 15) is 0 Å². The molecule has 3 aliphatic rings. The summed E-state index contributed by atoms with van der Waals surface area (Å²) in [6, 6.07) is 97.0. The maximum atomic E-state index is 5.66. The van der Waals surface area contributed by atoms with Crippen LogP contribution in [0.4, 0.5) is 0 Å². The zero-order chi connectivity index (χ0) is 60.1. The molecule has 5 nitrogen and oxygen atoms in total. The molecular formula is C85H61N5. The largest absolute Gasteiger partial charge is 0.309 e. The summed E-state index contributed by atoms with van der Waals surface area (Å²) in [7, 11) is 0. The number of rotatable bonds is 6. The first-order valence-electron chi connectivity index (χ1n) is 31.6. The van der Waals surface area contributed by atoms with Gasteiger partial charge in [0.2, 0.25) is 0 Å². The van der Waals surface area contributed by atoms with Crippen molar-refractivity contribution in [1.82, 2.24) is 23.7 Å². The van der Waals surface area contributed by atoms with E-state index in [0.29, 0.717) is 5.82 Å². The molecule has 16 aromatic rings. The molecule has 0 radical (unpaired) electrons. The lowest BCUT2D eigenvalue weighted by molar-refractivity contribution is 0.660. The summed E-state index contributed by atoms with van der Waals surface area (Å²) in [4.78, 5) is 11.3. The molecule has 0 amide bonds. The highest BCUT2D eigenvalue weighted by Crippen LogP contribution is 2.56. The van der Waals surface area contributed by atoms with Gasteiger partial charge in [0.25, 0.3) is 0 Å². The van der Waals surface area contributed by atoms with E-state index in [-0.39, 0.29) is 16.2 Å². The van der Waals surface area contributed by atoms with Crippen LogP contribution in [0.3, 0.4) is 0 Å². The Morgan fingerprint density at radius 1 is 0.256 bits per heavy atom. The molecule has 12 aromatic carbocycles. The lowest BCUT2D eigenvalue weighted by atomic mass is 9.82. The van der Waals surface area contributed by atoms with Gasteiger partial charge in [0.05, 0.1) is 44.5 Å². The Hall–Kier alpha value is -10.9. The Morgan fingerprint density at radius 3 is 1.04 bits per heavy atom. The molecule has 0 aliphatic heterocycles. The van der Waals surface area contributed by atoms with Crippen LogP contribution in [-0.4, -0.2) is 23.7 Å². The minimum atomic E-state index is -0.153. The molecule has 0 unspecified atom stereocenters. The number of nitrogens with zero attached hydrogens (tertiary/aromatic N) is 5. The summed E-state index contributed by atoms with van der Waals surface area (Å²) in [5, 5.41) is 7.45. The molecule has 4 aromatic heterocycles. The van der Waals surface area contributed by atoms with Gasteiger partial charge < -0.3 is 13.7 Å². The van der Waals surface area contributed by atoms with Crippen molar-refractivity contribution in [1.29, 1.82) is 0 Å². The lowest BCUT2D eigenvalue weighted by Crippen LogP contribution is -2.14. The Kier molecular flexibility index (Phi) is 10.3. The molecule has 0 N–H and O–H groups in total. The van der Waals surface area contributed by atoms with Crippen molar-refractivity contribution >= 4 is 65.4 Å². The van der Waals surface area contributed by atoms with Crippen LogP contribution in [0.2, 0.25) is 0 Å². The van der Waals surface area contributed by atoms with Crippen molar-refractivity contribution in [3.63, 3.8) is 0 Å². The summed E-state index contributed by atoms with van der Waals surface area (Å²) >= 11 is 0. The summed E-state index contributed by atoms with van der Waals surface area (Å²) in [5.41, 5.74) is 30.6. The van der Waals surface area contributed by atoms with E-state index < -0.39 is 0 Å². The first-order chi connectivity index (χ1) is 43.9. The third-order valence-corrected chi connectivity index (χ3v) is 21.0. The van der Waals surface area contributed by atoms with Crippen LogP contribution in [0.5, 0.6) is 0 Å². The van der Waals surface area contributed by atoms with Gasteiger partial charge >= 0.3 is 0 Å². The molecule has 5 heteroatoms. The molecule has 0 spiro atoms. The molecular weight excluding hydrogens is 1090 g/mol. The minimum Gasteiger partial charge on any atom is -0.309 e. The smallest absolute Gasteiger partial charge is 0.160 e. The van der Waals surface area contributed by atoms with Crippen LogP contribution in [0.25, 0.3) is 150 Å². The second-order valence-electron chi connectivity index (χ2n) is 26.8. The van der Waals surface area contributed by atoms with E-state index in [1.807, 2.05) is 0 Å². The zero-order valence-electron chi connectivity index (χ0n) is 51.1. The Morgan fingerprint density at radius 2 is 0.611 bits per heavy atom. The monoisotopic (exact) mass is 1150 g/mol. The number of para-hydroxylation sites is 3. The first kappa shape index (κ1) is 51.2. The lowest BCUT2D eigenvalue weighted by Gasteiger charge is -2.21. The minimum absolute atomic E-state index is 0.132. The average Bonchev–Trinajstić information content (AvgIpc) is 1.57. The third kappa shape index (κ3) is 6.81. The molecule has 0 fully saturated rings. The third-order valence-electron chi connectivity index (χ3n) is 21.0. The van der Waals surface area contributed by atoms with Crippen LogP contribution in [0.15, 0.2) is 261 Å². The number of hydrogen-bond acceptors (Lipinski definition) is 2. The molecule has 90 heavy (non-hydrogen) atoms. The van der Waals surface area contributed by atoms with Gasteiger partial charge in [-0.15, -0.1) is 0 Å². The molecule has 0 saturated heterocycles. The van der Waals surface area contributed by atoms with Gasteiger partial charge in [-0.1, -0.05) is 242 Å². The quantitative estimate of drug-likeness (QED) is 0.166. The fourth-order valence-electron chi connectivity index (χ4n) is 16.8. The molecule has 0 saturated carbocycles. The number of benzene rings is 12. The van der Waals surface area contributed by atoms with Gasteiger partial charge in [0, 0.05) is 99.0 Å². The number of hydrogen-bond donors (Lipinski definition) is 0. The van der Waals surface area contributed by atoms with Gasteiger partial charge in [0.15, 0.2) is 5.82 Å². The van der Waals surface area contributed by atoms with E-state index in [4.69, 9.17) is 9.97 Å². The van der Waals surface area contributed by atoms with E-state index >= 15 is 0 Å². The maximum absolute atomic E-state index is 5.66. The summed E-state index contributed by atoms with van der Waals surface area (Å²) in [6.45, 7) is 14.2. The number of fused-ring (bicyclic) bond motifs is 21. The highest BCUT2D eigenvalue weighted by atomic mass is 15.0. The van der Waals surface area contributed by atoms with E-state index in [1.165, 1.54) is 127 Å². The summed E-state index contributed by atoms with van der Waals surface area (Å²) in [6.07, 6.45) is 0. The predicted molar refractivity (Wildman–Crippen MR) is 374 cm³/mol. The van der Waals surface area contributed by atoms with Crippen molar-refractivity contribution in [2.75, 3.05) is 0 Å². The zero-order valence-corrected chi connectivity index (χ0v) is 51.1. The predicted octanol–water partition coefficient (Wildman–Crippen LogP) is 21.7. The first-order valence-corrected chi connectivity index (χ1v) is 31.6.